The Hall–Kier alpha value is -5.48. The summed E-state index contributed by atoms with van der Waals surface area (Å²) in [7, 11) is -9.66. The van der Waals surface area contributed by atoms with Crippen molar-refractivity contribution in [3.63, 3.8) is 0 Å². The number of rotatable bonds is 10. The predicted molar refractivity (Wildman–Crippen MR) is 206 cm³/mol. The van der Waals surface area contributed by atoms with E-state index >= 15 is 0 Å². The zero-order valence-corrected chi connectivity index (χ0v) is 33.7. The summed E-state index contributed by atoms with van der Waals surface area (Å²) in [4.78, 5) is 19.9. The first-order valence-electron chi connectivity index (χ1n) is 16.2. The average molecular weight is 841 g/mol. The van der Waals surface area contributed by atoms with Crippen molar-refractivity contribution in [2.24, 2.45) is 20.5 Å². The molecule has 0 heterocycles. The second-order valence-corrected chi connectivity index (χ2v) is 14.5. The van der Waals surface area contributed by atoms with Gasteiger partial charge in [0, 0.05) is 35.0 Å². The van der Waals surface area contributed by atoms with Crippen LogP contribution in [-0.2, 0) is 33.1 Å². The molecule has 0 atom stereocenters. The van der Waals surface area contributed by atoms with Crippen molar-refractivity contribution in [2.75, 3.05) is 0 Å². The third-order valence-corrected chi connectivity index (χ3v) is 9.91. The Morgan fingerprint density at radius 1 is 0.561 bits per heavy atom. The summed E-state index contributed by atoms with van der Waals surface area (Å²) in [5.41, 5.74) is 0.877. The second kappa shape index (κ2) is 18.2. The quantitative estimate of drug-likeness (QED) is 0.0433. The van der Waals surface area contributed by atoms with Gasteiger partial charge in [0.05, 0.1) is 31.0 Å². The number of nitrogens with zero attached hydrogens (tertiary/aromatic N) is 6. The number of azo groups is 2. The first-order valence-corrected chi connectivity index (χ1v) is 19.0. The van der Waals surface area contributed by atoms with E-state index in [1.54, 1.807) is 24.3 Å². The van der Waals surface area contributed by atoms with Gasteiger partial charge < -0.3 is 19.3 Å². The van der Waals surface area contributed by atoms with Gasteiger partial charge in [0.25, 0.3) is 11.4 Å². The molecule has 288 valence electrons. The zero-order chi connectivity index (χ0) is 40.9. The van der Waals surface area contributed by atoms with Gasteiger partial charge in [-0.05, 0) is 71.1 Å². The molecular weight excluding hydrogens is 813 g/mol. The molecule has 0 amide bonds. The Morgan fingerprint density at radius 2 is 0.930 bits per heavy atom. The number of nitro groups is 2. The van der Waals surface area contributed by atoms with Gasteiger partial charge in [0.15, 0.2) is 0 Å². The minimum atomic E-state index is -4.83. The van der Waals surface area contributed by atoms with E-state index in [2.05, 4.69) is 20.5 Å². The third kappa shape index (κ3) is 10.5. The molecule has 0 spiro atoms. The number of non-ortho nitro benzene ring substituents is 2. The molecule has 0 aliphatic carbocycles. The van der Waals surface area contributed by atoms with Gasteiger partial charge >= 0.3 is 37.7 Å². The van der Waals surface area contributed by atoms with Crippen LogP contribution >= 0.6 is 0 Å². The number of fused-ring (bicyclic) bond motifs is 2. The minimum absolute atomic E-state index is 0. The van der Waals surface area contributed by atoms with Crippen LogP contribution < -0.4 is 0 Å². The third-order valence-electron chi connectivity index (χ3n) is 8.15. The van der Waals surface area contributed by atoms with Crippen LogP contribution in [0.3, 0.4) is 0 Å². The van der Waals surface area contributed by atoms with Crippen LogP contribution in [0.1, 0.15) is 25.0 Å². The number of aromatic hydroxyl groups is 2. The van der Waals surface area contributed by atoms with Gasteiger partial charge in [-0.3, -0.25) is 20.2 Å². The van der Waals surface area contributed by atoms with E-state index in [0.717, 1.165) is 12.1 Å². The summed E-state index contributed by atoms with van der Waals surface area (Å²) in [6, 6.07) is 22.0. The maximum absolute atomic E-state index is 11.6. The monoisotopic (exact) mass is 840 g/mol. The summed E-state index contributed by atoms with van der Waals surface area (Å²) in [6.07, 6.45) is 1.06. The first-order chi connectivity index (χ1) is 26.4. The molecule has 0 bridgehead atoms. The molecule has 18 nitrogen and oxygen atoms in total. The predicted octanol–water partition coefficient (Wildman–Crippen LogP) is 8.29. The minimum Gasteiger partial charge on any atom is -0.744 e. The van der Waals surface area contributed by atoms with Crippen molar-refractivity contribution < 1.29 is 46.0 Å². The molecule has 0 fully saturated rings. The van der Waals surface area contributed by atoms with Crippen molar-refractivity contribution in [2.45, 2.75) is 36.5 Å². The summed E-state index contributed by atoms with van der Waals surface area (Å²) in [5.74, 6) is -0.762. The van der Waals surface area contributed by atoms with Gasteiger partial charge in [-0.25, -0.2) is 16.8 Å². The fraction of sp³-hybridized carbons (Fsp3) is 0.111. The smallest absolute Gasteiger partial charge is 0.744 e. The molecule has 0 aliphatic rings. The molecule has 2 N–H and O–H groups in total. The van der Waals surface area contributed by atoms with Crippen LogP contribution in [0.25, 0.3) is 21.5 Å². The topological polar surface area (TPSA) is 291 Å². The van der Waals surface area contributed by atoms with Crippen LogP contribution in [-0.4, -0.2) is 83.7 Å². The maximum Gasteiger partial charge on any atom is 2.00 e. The molecule has 0 radical (unpaired) electrons. The van der Waals surface area contributed by atoms with E-state index in [1.165, 1.54) is 60.7 Å². The molecule has 21 heteroatoms. The number of benzene rings is 6. The molecule has 6 rings (SSSR count). The summed E-state index contributed by atoms with van der Waals surface area (Å²) in [5, 5.41) is 58.7. The Bertz CT molecular complexity index is 2640. The Labute approximate surface area is 354 Å². The van der Waals surface area contributed by atoms with Gasteiger partial charge in [-0.2, -0.15) is 10.2 Å². The van der Waals surface area contributed by atoms with Gasteiger partial charge in [-0.15, -0.1) is 10.2 Å². The molecular formula is C36H28CaN6O12S2. The summed E-state index contributed by atoms with van der Waals surface area (Å²) >= 11 is 0. The number of hydrogen-bond donors (Lipinski definition) is 2. The summed E-state index contributed by atoms with van der Waals surface area (Å²) in [6.45, 7) is 3.64. The van der Waals surface area contributed by atoms with Gasteiger partial charge in [-0.1, -0.05) is 50.2 Å². The number of phenols is 2. The number of phenolic OH excluding ortho intramolecular Hbond substituents is 2. The Kier molecular flexibility index (Phi) is 14.1. The Balaban J connectivity index is 0.000000248. The molecule has 0 saturated heterocycles. The van der Waals surface area contributed by atoms with E-state index in [4.69, 9.17) is 0 Å². The van der Waals surface area contributed by atoms with E-state index in [1.807, 2.05) is 13.8 Å². The van der Waals surface area contributed by atoms with Crippen molar-refractivity contribution in [1.29, 1.82) is 0 Å². The number of nitro benzene ring substituents is 2. The maximum atomic E-state index is 11.6. The fourth-order valence-electron chi connectivity index (χ4n) is 5.51. The number of hydrogen-bond acceptors (Lipinski definition) is 16. The average Bonchev–Trinajstić information content (AvgIpc) is 3.15. The van der Waals surface area contributed by atoms with Crippen LogP contribution in [0.4, 0.5) is 34.1 Å². The molecule has 0 aromatic heterocycles. The summed E-state index contributed by atoms with van der Waals surface area (Å²) < 4.78 is 69.6. The second-order valence-electron chi connectivity index (χ2n) is 11.8. The van der Waals surface area contributed by atoms with E-state index in [-0.39, 0.29) is 94.1 Å². The molecule has 0 aliphatic heterocycles. The van der Waals surface area contributed by atoms with E-state index in [0.29, 0.717) is 34.7 Å². The van der Waals surface area contributed by atoms with Crippen molar-refractivity contribution in [3.8, 4) is 11.5 Å². The van der Waals surface area contributed by atoms with Crippen LogP contribution in [0, 0.1) is 20.2 Å². The molecule has 6 aromatic carbocycles. The molecule has 0 unspecified atom stereocenters. The Morgan fingerprint density at radius 3 is 1.25 bits per heavy atom. The molecule has 6 aromatic rings. The zero-order valence-electron chi connectivity index (χ0n) is 29.8. The normalized spacial score (nSPS) is 11.7. The largest absolute Gasteiger partial charge is 2.00 e. The van der Waals surface area contributed by atoms with Crippen molar-refractivity contribution in [1.82, 2.24) is 0 Å². The number of aryl methyl sites for hydroxylation is 2. The van der Waals surface area contributed by atoms with E-state index in [9.17, 15) is 56.4 Å². The fourth-order valence-corrected chi connectivity index (χ4v) is 6.93. The SMILES string of the molecule is CCc1cc(N=Nc2c(O)ccc3cccc(S(=O)(=O)[O-])c23)cc([N+](=O)[O-])c1.CCc1cc(N=Nc2c(O)ccc3cccc(S(=O)(=O)[O-])c23)cc([N+](=O)[O-])c1.[Ca+2]. The van der Waals surface area contributed by atoms with Gasteiger partial charge in [0.1, 0.15) is 43.1 Å². The standard InChI is InChI=1S/2C18H15N3O6S.Ca/c2*1-2-11-8-13(10-14(9-11)21(23)24)19-20-18-15(22)7-6-12-4-3-5-16(17(12)18)28(25,26)27;/h2*3-10,22H,2H2,1H3,(H,25,26,27);/q;;+2/p-2. The molecule has 57 heavy (non-hydrogen) atoms. The van der Waals surface area contributed by atoms with Gasteiger partial charge in [0.2, 0.25) is 0 Å². The van der Waals surface area contributed by atoms with E-state index < -0.39 is 39.9 Å². The van der Waals surface area contributed by atoms with Crippen molar-refractivity contribution in [3.05, 3.63) is 128 Å². The van der Waals surface area contributed by atoms with Crippen LogP contribution in [0.15, 0.2) is 127 Å². The van der Waals surface area contributed by atoms with Crippen LogP contribution in [0.5, 0.6) is 11.5 Å². The first kappa shape index (κ1) is 44.2. The molecule has 0 saturated carbocycles. The van der Waals surface area contributed by atoms with Crippen LogP contribution in [0.2, 0.25) is 0 Å². The van der Waals surface area contributed by atoms with Crippen molar-refractivity contribution >= 4 is 114 Å².